The molecule has 0 aliphatic rings. The van der Waals surface area contributed by atoms with Crippen molar-refractivity contribution in [1.29, 1.82) is 0 Å². The van der Waals surface area contributed by atoms with Crippen LogP contribution in [-0.4, -0.2) is 8.42 Å². The van der Waals surface area contributed by atoms with E-state index in [1.807, 2.05) is 62.4 Å². The van der Waals surface area contributed by atoms with Crippen molar-refractivity contribution in [2.24, 2.45) is 0 Å². The first-order valence-corrected chi connectivity index (χ1v) is 8.53. The fourth-order valence-corrected chi connectivity index (χ4v) is 3.54. The smallest absolute Gasteiger partial charge is 0.261 e. The molecule has 112 valence electrons. The van der Waals surface area contributed by atoms with Crippen LogP contribution in [0.5, 0.6) is 0 Å². The second-order valence-electron chi connectivity index (χ2n) is 5.43. The molecule has 3 aromatic rings. The third-order valence-electron chi connectivity index (χ3n) is 3.67. The van der Waals surface area contributed by atoms with Gasteiger partial charge in [-0.15, -0.1) is 0 Å². The van der Waals surface area contributed by atoms with Gasteiger partial charge in [0, 0.05) is 0 Å². The van der Waals surface area contributed by atoms with Gasteiger partial charge in [-0.25, -0.2) is 8.42 Å². The van der Waals surface area contributed by atoms with Gasteiger partial charge in [-0.3, -0.25) is 4.72 Å². The number of sulfonamides is 1. The number of benzene rings is 3. The lowest BCUT2D eigenvalue weighted by molar-refractivity contribution is 0.601. The maximum atomic E-state index is 12.6. The molecule has 0 fully saturated rings. The maximum Gasteiger partial charge on any atom is 0.261 e. The van der Waals surface area contributed by atoms with Gasteiger partial charge in [-0.1, -0.05) is 42.5 Å². The fraction of sp³-hybridized carbons (Fsp3) is 0.111. The van der Waals surface area contributed by atoms with Crippen LogP contribution in [0.1, 0.15) is 11.1 Å². The zero-order valence-electron chi connectivity index (χ0n) is 12.5. The Kier molecular flexibility index (Phi) is 3.62. The summed E-state index contributed by atoms with van der Waals surface area (Å²) in [4.78, 5) is 0.270. The van der Waals surface area contributed by atoms with E-state index in [1.54, 1.807) is 12.1 Å². The Balaban J connectivity index is 2.02. The van der Waals surface area contributed by atoms with Crippen molar-refractivity contribution in [1.82, 2.24) is 0 Å². The monoisotopic (exact) mass is 311 g/mol. The molecule has 3 aromatic carbocycles. The summed E-state index contributed by atoms with van der Waals surface area (Å²) in [5.41, 5.74) is 2.53. The molecular weight excluding hydrogens is 294 g/mol. The average Bonchev–Trinajstić information content (AvgIpc) is 2.50. The Hall–Kier alpha value is -2.33. The minimum Gasteiger partial charge on any atom is -0.279 e. The molecule has 0 unspecified atom stereocenters. The number of hydrogen-bond donors (Lipinski definition) is 1. The zero-order valence-corrected chi connectivity index (χ0v) is 13.3. The third kappa shape index (κ3) is 2.83. The predicted octanol–water partition coefficient (Wildman–Crippen LogP) is 4.26. The highest BCUT2D eigenvalue weighted by Gasteiger charge is 2.15. The minimum atomic E-state index is -3.59. The van der Waals surface area contributed by atoms with Crippen molar-refractivity contribution in [3.63, 3.8) is 0 Å². The molecule has 22 heavy (non-hydrogen) atoms. The van der Waals surface area contributed by atoms with Gasteiger partial charge in [-0.2, -0.15) is 0 Å². The van der Waals surface area contributed by atoms with E-state index in [0.29, 0.717) is 5.69 Å². The maximum absolute atomic E-state index is 12.6. The molecule has 0 saturated heterocycles. The molecule has 0 spiro atoms. The van der Waals surface area contributed by atoms with Crippen molar-refractivity contribution >= 4 is 26.5 Å². The molecule has 0 atom stereocenters. The summed E-state index contributed by atoms with van der Waals surface area (Å²) in [5, 5.41) is 1.93. The Bertz CT molecular complexity index is 946. The van der Waals surface area contributed by atoms with E-state index in [2.05, 4.69) is 4.72 Å². The van der Waals surface area contributed by atoms with Crippen molar-refractivity contribution < 1.29 is 8.42 Å². The molecule has 0 aliphatic carbocycles. The van der Waals surface area contributed by atoms with Crippen LogP contribution in [0.3, 0.4) is 0 Å². The minimum absolute atomic E-state index is 0.270. The summed E-state index contributed by atoms with van der Waals surface area (Å²) in [6.45, 7) is 3.82. The van der Waals surface area contributed by atoms with E-state index in [9.17, 15) is 8.42 Å². The molecule has 4 heteroatoms. The van der Waals surface area contributed by atoms with Crippen LogP contribution in [0.25, 0.3) is 10.8 Å². The molecule has 3 rings (SSSR count). The number of aryl methyl sites for hydroxylation is 2. The molecule has 0 saturated carbocycles. The fourth-order valence-electron chi connectivity index (χ4n) is 2.38. The van der Waals surface area contributed by atoms with Gasteiger partial charge in [0.1, 0.15) is 0 Å². The molecule has 0 bridgehead atoms. The van der Waals surface area contributed by atoms with Gasteiger partial charge >= 0.3 is 0 Å². The first-order chi connectivity index (χ1) is 10.5. The third-order valence-corrected chi connectivity index (χ3v) is 5.03. The molecule has 3 nitrogen and oxygen atoms in total. The Morgan fingerprint density at radius 2 is 1.55 bits per heavy atom. The quantitative estimate of drug-likeness (QED) is 0.785. The van der Waals surface area contributed by atoms with Crippen LogP contribution >= 0.6 is 0 Å². The van der Waals surface area contributed by atoms with E-state index in [4.69, 9.17) is 0 Å². The van der Waals surface area contributed by atoms with Crippen molar-refractivity contribution in [3.8, 4) is 0 Å². The van der Waals surface area contributed by atoms with E-state index < -0.39 is 10.0 Å². The van der Waals surface area contributed by atoms with E-state index in [-0.39, 0.29) is 4.90 Å². The highest BCUT2D eigenvalue weighted by Crippen LogP contribution is 2.23. The number of anilines is 1. The lowest BCUT2D eigenvalue weighted by Gasteiger charge is -2.12. The first-order valence-electron chi connectivity index (χ1n) is 7.04. The van der Waals surface area contributed by atoms with Gasteiger partial charge in [-0.05, 0) is 53.9 Å². The van der Waals surface area contributed by atoms with Crippen LogP contribution in [0.15, 0.2) is 65.6 Å². The molecular formula is C18H17NO2S. The van der Waals surface area contributed by atoms with Gasteiger partial charge in [0.25, 0.3) is 10.0 Å². The molecule has 0 amide bonds. The van der Waals surface area contributed by atoms with Crippen molar-refractivity contribution in [2.45, 2.75) is 18.7 Å². The summed E-state index contributed by atoms with van der Waals surface area (Å²) in [5.74, 6) is 0. The second-order valence-corrected chi connectivity index (χ2v) is 7.12. The normalized spacial score (nSPS) is 11.5. The summed E-state index contributed by atoms with van der Waals surface area (Å²) in [6, 6.07) is 18.6. The predicted molar refractivity (Wildman–Crippen MR) is 90.7 cm³/mol. The van der Waals surface area contributed by atoms with Gasteiger partial charge in [0.2, 0.25) is 0 Å². The molecule has 0 aromatic heterocycles. The number of nitrogens with one attached hydrogen (secondary N) is 1. The van der Waals surface area contributed by atoms with Gasteiger partial charge in [0.05, 0.1) is 10.6 Å². The van der Waals surface area contributed by atoms with E-state index in [1.165, 1.54) is 0 Å². The highest BCUT2D eigenvalue weighted by molar-refractivity contribution is 7.92. The first kappa shape index (κ1) is 14.6. The van der Waals surface area contributed by atoms with Crippen LogP contribution in [0, 0.1) is 13.8 Å². The Morgan fingerprint density at radius 3 is 2.32 bits per heavy atom. The topological polar surface area (TPSA) is 46.2 Å². The van der Waals surface area contributed by atoms with E-state index in [0.717, 1.165) is 21.9 Å². The van der Waals surface area contributed by atoms with E-state index >= 15 is 0 Å². The molecule has 0 radical (unpaired) electrons. The van der Waals surface area contributed by atoms with Crippen LogP contribution < -0.4 is 4.72 Å². The SMILES string of the molecule is Cc1ccc(C)c(NS(=O)(=O)c2ccc3ccccc3c2)c1. The Morgan fingerprint density at radius 1 is 0.818 bits per heavy atom. The lowest BCUT2D eigenvalue weighted by Crippen LogP contribution is -2.13. The lowest BCUT2D eigenvalue weighted by atomic mass is 10.1. The second kappa shape index (κ2) is 5.46. The summed E-state index contributed by atoms with van der Waals surface area (Å²) in [7, 11) is -3.59. The standard InChI is InChI=1S/C18H17NO2S/c1-13-7-8-14(2)18(11-13)19-22(20,21)17-10-9-15-5-3-4-6-16(15)12-17/h3-12,19H,1-2H3. The van der Waals surface area contributed by atoms with Gasteiger partial charge < -0.3 is 0 Å². The van der Waals surface area contributed by atoms with Crippen molar-refractivity contribution in [2.75, 3.05) is 4.72 Å². The van der Waals surface area contributed by atoms with Gasteiger partial charge in [0.15, 0.2) is 0 Å². The number of hydrogen-bond acceptors (Lipinski definition) is 2. The summed E-state index contributed by atoms with van der Waals surface area (Å²) >= 11 is 0. The van der Waals surface area contributed by atoms with Crippen molar-refractivity contribution in [3.05, 3.63) is 71.8 Å². The molecule has 1 N–H and O–H groups in total. The Labute approximate surface area is 130 Å². The number of fused-ring (bicyclic) bond motifs is 1. The number of rotatable bonds is 3. The summed E-state index contributed by atoms with van der Waals surface area (Å²) in [6.07, 6.45) is 0. The molecule has 0 heterocycles. The van der Waals surface area contributed by atoms with Crippen LogP contribution in [0.2, 0.25) is 0 Å². The molecule has 0 aliphatic heterocycles. The zero-order chi connectivity index (χ0) is 15.7. The average molecular weight is 311 g/mol. The highest BCUT2D eigenvalue weighted by atomic mass is 32.2. The summed E-state index contributed by atoms with van der Waals surface area (Å²) < 4.78 is 27.9. The van der Waals surface area contributed by atoms with Crippen LogP contribution in [-0.2, 0) is 10.0 Å². The largest absolute Gasteiger partial charge is 0.279 e. The van der Waals surface area contributed by atoms with Crippen LogP contribution in [0.4, 0.5) is 5.69 Å².